The molecule has 1 heterocycles. The number of ether oxygens (including phenoxy) is 1. The molecule has 2 aromatic rings. The van der Waals surface area contributed by atoms with Gasteiger partial charge in [0.2, 0.25) is 0 Å². The van der Waals surface area contributed by atoms with E-state index >= 15 is 0 Å². The minimum Gasteiger partial charge on any atom is -0.495 e. The van der Waals surface area contributed by atoms with Crippen LogP contribution < -0.4 is 10.5 Å². The molecule has 5 heteroatoms. The standard InChI is InChI=1S/C10H10BrN3O/c1-15-9-6(3-2-4-7(9)11)8-5-13-10(12)14-8/h2-5H,1H3,(H3,12,13,14). The van der Waals surface area contributed by atoms with Gasteiger partial charge in [0.25, 0.3) is 0 Å². The van der Waals surface area contributed by atoms with Gasteiger partial charge in [-0.1, -0.05) is 6.07 Å². The van der Waals surface area contributed by atoms with Gasteiger partial charge in [-0.2, -0.15) is 0 Å². The summed E-state index contributed by atoms with van der Waals surface area (Å²) in [5.41, 5.74) is 7.29. The van der Waals surface area contributed by atoms with E-state index in [4.69, 9.17) is 10.5 Å². The molecule has 3 N–H and O–H groups in total. The molecule has 0 unspecified atom stereocenters. The number of aromatic amines is 1. The normalized spacial score (nSPS) is 10.3. The summed E-state index contributed by atoms with van der Waals surface area (Å²) in [4.78, 5) is 6.91. The summed E-state index contributed by atoms with van der Waals surface area (Å²) in [6.45, 7) is 0. The smallest absolute Gasteiger partial charge is 0.197 e. The molecule has 0 aliphatic carbocycles. The number of para-hydroxylation sites is 1. The SMILES string of the molecule is COc1c(Br)cccc1-c1cnc(N)[nH]1. The van der Waals surface area contributed by atoms with E-state index in [-0.39, 0.29) is 0 Å². The summed E-state index contributed by atoms with van der Waals surface area (Å²) in [6, 6.07) is 5.79. The van der Waals surface area contributed by atoms with Crippen molar-refractivity contribution in [2.24, 2.45) is 0 Å². The quantitative estimate of drug-likeness (QED) is 0.879. The van der Waals surface area contributed by atoms with Crippen LogP contribution in [0.2, 0.25) is 0 Å². The van der Waals surface area contributed by atoms with Crippen molar-refractivity contribution >= 4 is 21.9 Å². The Morgan fingerprint density at radius 1 is 1.47 bits per heavy atom. The molecule has 0 radical (unpaired) electrons. The van der Waals surface area contributed by atoms with Crippen LogP contribution in [0.5, 0.6) is 5.75 Å². The molecule has 0 amide bonds. The summed E-state index contributed by atoms with van der Waals surface area (Å²) < 4.78 is 6.20. The van der Waals surface area contributed by atoms with Crippen molar-refractivity contribution in [2.75, 3.05) is 12.8 Å². The Kier molecular flexibility index (Phi) is 2.64. The van der Waals surface area contributed by atoms with Crippen molar-refractivity contribution in [2.45, 2.75) is 0 Å². The third-order valence-electron chi connectivity index (χ3n) is 2.06. The van der Waals surface area contributed by atoms with E-state index in [1.165, 1.54) is 0 Å². The van der Waals surface area contributed by atoms with Crippen molar-refractivity contribution in [1.29, 1.82) is 0 Å². The molecular formula is C10H10BrN3O. The largest absolute Gasteiger partial charge is 0.495 e. The van der Waals surface area contributed by atoms with Gasteiger partial charge in [-0.15, -0.1) is 0 Å². The van der Waals surface area contributed by atoms with Crippen LogP contribution in [-0.2, 0) is 0 Å². The maximum Gasteiger partial charge on any atom is 0.197 e. The van der Waals surface area contributed by atoms with Gasteiger partial charge in [0.1, 0.15) is 5.75 Å². The van der Waals surface area contributed by atoms with E-state index in [1.54, 1.807) is 13.3 Å². The first kappa shape index (κ1) is 10.0. The highest BCUT2D eigenvalue weighted by Crippen LogP contribution is 2.35. The lowest BCUT2D eigenvalue weighted by Crippen LogP contribution is -1.90. The van der Waals surface area contributed by atoms with Crippen LogP contribution >= 0.6 is 15.9 Å². The number of hydrogen-bond donors (Lipinski definition) is 2. The fourth-order valence-electron chi connectivity index (χ4n) is 1.40. The van der Waals surface area contributed by atoms with Gasteiger partial charge in [0.15, 0.2) is 5.95 Å². The molecule has 0 fully saturated rings. The summed E-state index contributed by atoms with van der Waals surface area (Å²) in [5, 5.41) is 0. The Labute approximate surface area is 95.6 Å². The Balaban J connectivity index is 2.57. The zero-order valence-corrected chi connectivity index (χ0v) is 9.71. The third kappa shape index (κ3) is 1.83. The van der Waals surface area contributed by atoms with Crippen LogP contribution in [0, 0.1) is 0 Å². The number of nitrogens with two attached hydrogens (primary N) is 1. The van der Waals surface area contributed by atoms with Crippen molar-refractivity contribution in [3.63, 3.8) is 0 Å². The molecule has 4 nitrogen and oxygen atoms in total. The molecule has 0 spiro atoms. The van der Waals surface area contributed by atoms with Gasteiger partial charge in [-0.05, 0) is 28.1 Å². The van der Waals surface area contributed by atoms with E-state index in [0.717, 1.165) is 21.5 Å². The Morgan fingerprint density at radius 2 is 2.27 bits per heavy atom. The van der Waals surface area contributed by atoms with E-state index < -0.39 is 0 Å². The number of rotatable bonds is 2. The molecule has 0 aliphatic heterocycles. The van der Waals surface area contributed by atoms with Gasteiger partial charge >= 0.3 is 0 Å². The highest BCUT2D eigenvalue weighted by molar-refractivity contribution is 9.10. The number of aromatic nitrogens is 2. The lowest BCUT2D eigenvalue weighted by Gasteiger charge is -2.08. The first-order chi connectivity index (χ1) is 7.22. The van der Waals surface area contributed by atoms with E-state index in [9.17, 15) is 0 Å². The Hall–Kier alpha value is -1.49. The topological polar surface area (TPSA) is 63.9 Å². The number of methoxy groups -OCH3 is 1. The molecule has 0 saturated heterocycles. The number of nitrogens with zero attached hydrogens (tertiary/aromatic N) is 1. The number of imidazole rings is 1. The number of hydrogen-bond acceptors (Lipinski definition) is 3. The van der Waals surface area contributed by atoms with Gasteiger partial charge in [0, 0.05) is 5.56 Å². The fourth-order valence-corrected chi connectivity index (χ4v) is 1.93. The molecule has 0 bridgehead atoms. The number of nitrogen functional groups attached to an aromatic ring is 1. The molecule has 1 aromatic heterocycles. The Morgan fingerprint density at radius 3 is 2.87 bits per heavy atom. The molecule has 0 aliphatic rings. The molecule has 78 valence electrons. The first-order valence-corrected chi connectivity index (χ1v) is 5.15. The zero-order valence-electron chi connectivity index (χ0n) is 8.12. The monoisotopic (exact) mass is 267 g/mol. The predicted molar refractivity (Wildman–Crippen MR) is 62.7 cm³/mol. The molecule has 2 rings (SSSR count). The second-order valence-corrected chi connectivity index (χ2v) is 3.86. The summed E-state index contributed by atoms with van der Waals surface area (Å²) in [7, 11) is 1.63. The van der Waals surface area contributed by atoms with Gasteiger partial charge < -0.3 is 15.5 Å². The van der Waals surface area contributed by atoms with Crippen molar-refractivity contribution in [3.05, 3.63) is 28.9 Å². The lowest BCUT2D eigenvalue weighted by molar-refractivity contribution is 0.413. The molecule has 0 saturated carbocycles. The number of H-pyrrole nitrogens is 1. The maximum atomic E-state index is 5.53. The minimum atomic E-state index is 0.395. The number of benzene rings is 1. The van der Waals surface area contributed by atoms with Gasteiger partial charge in [-0.3, -0.25) is 0 Å². The predicted octanol–water partition coefficient (Wildman–Crippen LogP) is 2.43. The number of anilines is 1. The minimum absolute atomic E-state index is 0.395. The van der Waals surface area contributed by atoms with Crippen LogP contribution in [0.15, 0.2) is 28.9 Å². The summed E-state index contributed by atoms with van der Waals surface area (Å²) in [6.07, 6.45) is 1.68. The van der Waals surface area contributed by atoms with Crippen molar-refractivity contribution < 1.29 is 4.74 Å². The molecule has 15 heavy (non-hydrogen) atoms. The number of nitrogens with one attached hydrogen (secondary N) is 1. The zero-order chi connectivity index (χ0) is 10.8. The van der Waals surface area contributed by atoms with Gasteiger partial charge in [0.05, 0.1) is 23.5 Å². The number of halogens is 1. The van der Waals surface area contributed by atoms with Crippen LogP contribution in [0.4, 0.5) is 5.95 Å². The van der Waals surface area contributed by atoms with Crippen LogP contribution in [0.3, 0.4) is 0 Å². The van der Waals surface area contributed by atoms with Gasteiger partial charge in [-0.25, -0.2) is 4.98 Å². The van der Waals surface area contributed by atoms with Crippen LogP contribution in [0.1, 0.15) is 0 Å². The summed E-state index contributed by atoms with van der Waals surface area (Å²) in [5.74, 6) is 1.16. The third-order valence-corrected chi connectivity index (χ3v) is 2.68. The van der Waals surface area contributed by atoms with E-state index in [2.05, 4.69) is 25.9 Å². The van der Waals surface area contributed by atoms with Crippen molar-refractivity contribution in [1.82, 2.24) is 9.97 Å². The second kappa shape index (κ2) is 3.94. The molecule has 1 aromatic carbocycles. The second-order valence-electron chi connectivity index (χ2n) is 3.00. The average Bonchev–Trinajstić information content (AvgIpc) is 2.64. The van der Waals surface area contributed by atoms with Crippen LogP contribution in [0.25, 0.3) is 11.3 Å². The first-order valence-electron chi connectivity index (χ1n) is 4.35. The fraction of sp³-hybridized carbons (Fsp3) is 0.100. The summed E-state index contributed by atoms with van der Waals surface area (Å²) >= 11 is 3.42. The Bertz CT molecular complexity index is 481. The highest BCUT2D eigenvalue weighted by atomic mass is 79.9. The molecule has 0 atom stereocenters. The van der Waals surface area contributed by atoms with Crippen LogP contribution in [-0.4, -0.2) is 17.1 Å². The lowest BCUT2D eigenvalue weighted by atomic mass is 10.1. The van der Waals surface area contributed by atoms with E-state index in [1.807, 2.05) is 18.2 Å². The van der Waals surface area contributed by atoms with Crippen molar-refractivity contribution in [3.8, 4) is 17.0 Å². The maximum absolute atomic E-state index is 5.53. The molecular weight excluding hydrogens is 258 g/mol. The van der Waals surface area contributed by atoms with E-state index in [0.29, 0.717) is 5.95 Å². The average molecular weight is 268 g/mol. The highest BCUT2D eigenvalue weighted by Gasteiger charge is 2.10.